The molecule has 4 rings (SSSR count). The fraction of sp³-hybridized carbons (Fsp3) is 0.667. The molecule has 5 heteroatoms. The Balaban J connectivity index is 1.67. The van der Waals surface area contributed by atoms with E-state index in [2.05, 4.69) is 35.2 Å². The number of ether oxygens (including phenoxy) is 1. The standard InChI is InChI=1S/C18H26N4O/c1-18(2)11-13(6-10-23-18)16-21-15-14(5-9-20-17(15)22-16)12-3-7-19-8-4-12/h5,9,12-13,19H,3-4,6-8,10-11H2,1-2H3,(H,20,21,22). The van der Waals surface area contributed by atoms with Crippen LogP contribution < -0.4 is 5.32 Å². The molecule has 2 N–H and O–H groups in total. The topological polar surface area (TPSA) is 62.8 Å². The molecule has 23 heavy (non-hydrogen) atoms. The predicted molar refractivity (Wildman–Crippen MR) is 90.7 cm³/mol. The van der Waals surface area contributed by atoms with Crippen LogP contribution in [0.1, 0.15) is 62.8 Å². The summed E-state index contributed by atoms with van der Waals surface area (Å²) in [5.41, 5.74) is 3.35. The maximum absolute atomic E-state index is 5.85. The van der Waals surface area contributed by atoms with E-state index in [4.69, 9.17) is 9.72 Å². The number of nitrogens with zero attached hydrogens (tertiary/aromatic N) is 2. The SMILES string of the molecule is CC1(C)CC(c2nc3nccc(C4CCNCC4)c3[nH]2)CCO1. The molecule has 5 nitrogen and oxygen atoms in total. The zero-order valence-electron chi connectivity index (χ0n) is 14.1. The Hall–Kier alpha value is -1.46. The van der Waals surface area contributed by atoms with Crippen LogP contribution in [-0.2, 0) is 4.74 Å². The maximum atomic E-state index is 5.85. The summed E-state index contributed by atoms with van der Waals surface area (Å²) < 4.78 is 5.85. The van der Waals surface area contributed by atoms with Crippen molar-refractivity contribution in [2.24, 2.45) is 0 Å². The summed E-state index contributed by atoms with van der Waals surface area (Å²) in [6.07, 6.45) is 6.34. The van der Waals surface area contributed by atoms with Gasteiger partial charge in [-0.15, -0.1) is 0 Å². The monoisotopic (exact) mass is 314 g/mol. The number of nitrogens with one attached hydrogen (secondary N) is 2. The van der Waals surface area contributed by atoms with E-state index in [1.807, 2.05) is 6.20 Å². The molecule has 1 atom stereocenters. The lowest BCUT2D eigenvalue weighted by atomic mass is 9.88. The average Bonchev–Trinajstić information content (AvgIpc) is 2.99. The minimum Gasteiger partial charge on any atom is -0.376 e. The van der Waals surface area contributed by atoms with E-state index in [1.54, 1.807) is 0 Å². The van der Waals surface area contributed by atoms with Gasteiger partial charge in [-0.2, -0.15) is 0 Å². The van der Waals surface area contributed by atoms with Crippen LogP contribution >= 0.6 is 0 Å². The van der Waals surface area contributed by atoms with Gasteiger partial charge in [0.1, 0.15) is 5.82 Å². The molecule has 4 heterocycles. The maximum Gasteiger partial charge on any atom is 0.177 e. The van der Waals surface area contributed by atoms with Crippen molar-refractivity contribution in [2.45, 2.75) is 57.0 Å². The first-order chi connectivity index (χ1) is 11.1. The molecule has 0 spiro atoms. The molecule has 2 fully saturated rings. The van der Waals surface area contributed by atoms with Crippen molar-refractivity contribution in [3.8, 4) is 0 Å². The van der Waals surface area contributed by atoms with Gasteiger partial charge in [0.2, 0.25) is 0 Å². The largest absolute Gasteiger partial charge is 0.376 e. The van der Waals surface area contributed by atoms with Crippen LogP contribution in [0.4, 0.5) is 0 Å². The molecule has 2 saturated heterocycles. The molecule has 2 aromatic heterocycles. The third kappa shape index (κ3) is 3.00. The predicted octanol–water partition coefficient (Wildman–Crippen LogP) is 3.10. The minimum atomic E-state index is -0.0623. The first-order valence-electron chi connectivity index (χ1n) is 8.81. The molecular weight excluding hydrogens is 288 g/mol. The number of hydrogen-bond donors (Lipinski definition) is 2. The summed E-state index contributed by atoms with van der Waals surface area (Å²) >= 11 is 0. The van der Waals surface area contributed by atoms with Crippen LogP contribution in [0.5, 0.6) is 0 Å². The van der Waals surface area contributed by atoms with Crippen molar-refractivity contribution in [3.63, 3.8) is 0 Å². The highest BCUT2D eigenvalue weighted by atomic mass is 16.5. The van der Waals surface area contributed by atoms with Crippen LogP contribution in [0.3, 0.4) is 0 Å². The van der Waals surface area contributed by atoms with E-state index in [0.29, 0.717) is 11.8 Å². The van der Waals surface area contributed by atoms with Gasteiger partial charge in [0, 0.05) is 18.7 Å². The summed E-state index contributed by atoms with van der Waals surface area (Å²) in [7, 11) is 0. The minimum absolute atomic E-state index is 0.0623. The molecule has 0 bridgehead atoms. The number of aromatic nitrogens is 3. The van der Waals surface area contributed by atoms with E-state index < -0.39 is 0 Å². The van der Waals surface area contributed by atoms with E-state index >= 15 is 0 Å². The van der Waals surface area contributed by atoms with E-state index in [1.165, 1.54) is 18.4 Å². The second-order valence-electron chi connectivity index (χ2n) is 7.54. The number of pyridine rings is 1. The second kappa shape index (κ2) is 5.87. The number of imidazole rings is 1. The third-order valence-electron chi connectivity index (χ3n) is 5.31. The van der Waals surface area contributed by atoms with E-state index in [-0.39, 0.29) is 5.60 Å². The van der Waals surface area contributed by atoms with E-state index in [9.17, 15) is 0 Å². The van der Waals surface area contributed by atoms with Crippen molar-refractivity contribution in [3.05, 3.63) is 23.7 Å². The highest BCUT2D eigenvalue weighted by molar-refractivity contribution is 5.75. The lowest BCUT2D eigenvalue weighted by Gasteiger charge is -2.34. The van der Waals surface area contributed by atoms with Gasteiger partial charge in [-0.3, -0.25) is 0 Å². The van der Waals surface area contributed by atoms with Gasteiger partial charge in [0.05, 0.1) is 11.1 Å². The fourth-order valence-electron chi connectivity index (χ4n) is 4.08. The fourth-order valence-corrected chi connectivity index (χ4v) is 4.08. The molecule has 0 radical (unpaired) electrons. The van der Waals surface area contributed by atoms with Crippen LogP contribution in [0.25, 0.3) is 11.2 Å². The molecule has 2 aromatic rings. The Morgan fingerprint density at radius 3 is 2.78 bits per heavy atom. The number of rotatable bonds is 2. The molecule has 2 aliphatic rings. The van der Waals surface area contributed by atoms with E-state index in [0.717, 1.165) is 49.5 Å². The summed E-state index contributed by atoms with van der Waals surface area (Å²) in [6.45, 7) is 7.34. The molecule has 2 aliphatic heterocycles. The lowest BCUT2D eigenvalue weighted by Crippen LogP contribution is -2.33. The average molecular weight is 314 g/mol. The molecule has 0 amide bonds. The summed E-state index contributed by atoms with van der Waals surface area (Å²) in [6, 6.07) is 2.17. The van der Waals surface area contributed by atoms with Crippen molar-refractivity contribution in [2.75, 3.05) is 19.7 Å². The van der Waals surface area contributed by atoms with Gasteiger partial charge in [0.15, 0.2) is 5.65 Å². The Morgan fingerprint density at radius 1 is 1.17 bits per heavy atom. The first kappa shape index (κ1) is 15.1. The Morgan fingerprint density at radius 2 is 2.00 bits per heavy atom. The van der Waals surface area contributed by atoms with Gasteiger partial charge in [-0.1, -0.05) is 0 Å². The van der Waals surface area contributed by atoms with Gasteiger partial charge in [-0.05, 0) is 70.2 Å². The molecule has 0 aliphatic carbocycles. The van der Waals surface area contributed by atoms with Crippen molar-refractivity contribution in [1.29, 1.82) is 0 Å². The van der Waals surface area contributed by atoms with Crippen molar-refractivity contribution >= 4 is 11.2 Å². The van der Waals surface area contributed by atoms with Crippen LogP contribution in [0, 0.1) is 0 Å². The van der Waals surface area contributed by atoms with Crippen LogP contribution in [0.15, 0.2) is 12.3 Å². The van der Waals surface area contributed by atoms with Gasteiger partial charge in [0.25, 0.3) is 0 Å². The summed E-state index contributed by atoms with van der Waals surface area (Å²) in [5.74, 6) is 2.14. The van der Waals surface area contributed by atoms with Crippen LogP contribution in [-0.4, -0.2) is 40.2 Å². The molecule has 124 valence electrons. The molecular formula is C18H26N4O. The van der Waals surface area contributed by atoms with Gasteiger partial charge < -0.3 is 15.0 Å². The zero-order chi connectivity index (χ0) is 15.9. The zero-order valence-corrected chi connectivity index (χ0v) is 14.1. The quantitative estimate of drug-likeness (QED) is 0.894. The first-order valence-corrected chi connectivity index (χ1v) is 8.81. The summed E-state index contributed by atoms with van der Waals surface area (Å²) in [4.78, 5) is 12.9. The molecule has 0 aromatic carbocycles. The number of hydrogen-bond acceptors (Lipinski definition) is 4. The van der Waals surface area contributed by atoms with Gasteiger partial charge in [-0.25, -0.2) is 9.97 Å². The Kier molecular flexibility index (Phi) is 3.85. The number of piperidine rings is 1. The highest BCUT2D eigenvalue weighted by Crippen LogP contribution is 2.36. The molecule has 1 unspecified atom stereocenters. The summed E-state index contributed by atoms with van der Waals surface area (Å²) in [5, 5.41) is 3.44. The number of H-pyrrole nitrogens is 1. The Labute approximate surface area is 137 Å². The van der Waals surface area contributed by atoms with Gasteiger partial charge >= 0.3 is 0 Å². The number of fused-ring (bicyclic) bond motifs is 1. The van der Waals surface area contributed by atoms with Crippen molar-refractivity contribution in [1.82, 2.24) is 20.3 Å². The third-order valence-corrected chi connectivity index (χ3v) is 5.31. The Bertz CT molecular complexity index is 687. The smallest absolute Gasteiger partial charge is 0.177 e. The van der Waals surface area contributed by atoms with Crippen molar-refractivity contribution < 1.29 is 4.74 Å². The lowest BCUT2D eigenvalue weighted by molar-refractivity contribution is -0.0602. The second-order valence-corrected chi connectivity index (χ2v) is 7.54. The molecule has 0 saturated carbocycles. The van der Waals surface area contributed by atoms with Crippen LogP contribution in [0.2, 0.25) is 0 Å². The normalized spacial score (nSPS) is 25.7. The highest BCUT2D eigenvalue weighted by Gasteiger charge is 2.32. The number of aromatic amines is 1.